The molecule has 0 saturated heterocycles. The van der Waals surface area contributed by atoms with Crippen LogP contribution >= 0.6 is 0 Å². The van der Waals surface area contributed by atoms with E-state index in [1.165, 1.54) is 12.5 Å². The van der Waals surface area contributed by atoms with Gasteiger partial charge in [-0.15, -0.1) is 0 Å². The first-order valence-electron chi connectivity index (χ1n) is 8.69. The van der Waals surface area contributed by atoms with Gasteiger partial charge in [-0.25, -0.2) is 4.79 Å². The van der Waals surface area contributed by atoms with Gasteiger partial charge in [-0.05, 0) is 31.4 Å². The molecule has 0 aromatic heterocycles. The second-order valence-corrected chi connectivity index (χ2v) is 6.65. The van der Waals surface area contributed by atoms with Gasteiger partial charge in [-0.1, -0.05) is 41.6 Å². The third kappa shape index (κ3) is 3.96. The minimum absolute atomic E-state index is 0.122. The van der Waals surface area contributed by atoms with Crippen molar-refractivity contribution in [3.05, 3.63) is 59.4 Å². The fraction of sp³-hybridized carbons (Fsp3) is 0.400. The number of carbonyl (C=O) groups excluding carboxylic acids is 1. The summed E-state index contributed by atoms with van der Waals surface area (Å²) in [6.45, 7) is 4.00. The molecule has 0 bridgehead atoms. The Morgan fingerprint density at radius 3 is 2.85 bits per heavy atom. The Balaban J connectivity index is 1.78. The quantitative estimate of drug-likeness (QED) is 0.365. The zero-order valence-corrected chi connectivity index (χ0v) is 14.9. The highest BCUT2D eigenvalue weighted by Gasteiger charge is 2.44. The molecule has 2 aliphatic rings. The molecule has 1 aromatic rings. The van der Waals surface area contributed by atoms with Gasteiger partial charge in [0.1, 0.15) is 0 Å². The number of nitrogens with zero attached hydrogens (tertiary/aromatic N) is 1. The number of benzene rings is 1. The van der Waals surface area contributed by atoms with Crippen molar-refractivity contribution >= 4 is 12.2 Å². The highest BCUT2D eigenvalue weighted by molar-refractivity contribution is 5.90. The van der Waals surface area contributed by atoms with Gasteiger partial charge >= 0.3 is 5.97 Å². The first-order chi connectivity index (χ1) is 12.6. The third-order valence-electron chi connectivity index (χ3n) is 4.49. The van der Waals surface area contributed by atoms with Crippen LogP contribution in [-0.4, -0.2) is 29.8 Å². The van der Waals surface area contributed by atoms with Crippen LogP contribution in [0.3, 0.4) is 0 Å². The van der Waals surface area contributed by atoms with Crippen LogP contribution < -0.4 is 0 Å². The Labute approximate surface area is 152 Å². The molecular weight excluding hydrogens is 334 g/mol. The second kappa shape index (κ2) is 8.19. The largest absolute Gasteiger partial charge is 0.471 e. The van der Waals surface area contributed by atoms with Gasteiger partial charge in [0.2, 0.25) is 6.29 Å². The van der Waals surface area contributed by atoms with Crippen molar-refractivity contribution in [2.75, 3.05) is 0 Å². The fourth-order valence-electron chi connectivity index (χ4n) is 3.34. The van der Waals surface area contributed by atoms with E-state index in [0.717, 1.165) is 11.1 Å². The maximum atomic E-state index is 12.4. The maximum absolute atomic E-state index is 12.4. The van der Waals surface area contributed by atoms with Crippen molar-refractivity contribution in [3.63, 3.8) is 0 Å². The van der Waals surface area contributed by atoms with Gasteiger partial charge in [0, 0.05) is 5.92 Å². The SMILES string of the molecule is CC(C)OC(=O)C1=CO[C@@H](OCc2ccccc2)[C@@H]2C(C=NO)=CC[C@H]12. The van der Waals surface area contributed by atoms with E-state index in [0.29, 0.717) is 18.6 Å². The van der Waals surface area contributed by atoms with E-state index in [4.69, 9.17) is 19.4 Å². The number of hydrogen-bond acceptors (Lipinski definition) is 6. The van der Waals surface area contributed by atoms with Crippen LogP contribution in [0.1, 0.15) is 25.8 Å². The van der Waals surface area contributed by atoms with E-state index in [1.54, 1.807) is 0 Å². The molecule has 1 aromatic carbocycles. The number of allylic oxidation sites excluding steroid dienone is 1. The summed E-state index contributed by atoms with van der Waals surface area (Å²) in [7, 11) is 0. The van der Waals surface area contributed by atoms with Gasteiger partial charge in [0.25, 0.3) is 0 Å². The Bertz CT molecular complexity index is 723. The third-order valence-corrected chi connectivity index (χ3v) is 4.49. The van der Waals surface area contributed by atoms with Crippen LogP contribution in [0.25, 0.3) is 0 Å². The summed E-state index contributed by atoms with van der Waals surface area (Å²) in [5.41, 5.74) is 2.31. The van der Waals surface area contributed by atoms with Crippen LogP contribution in [0.5, 0.6) is 0 Å². The number of esters is 1. The summed E-state index contributed by atoms with van der Waals surface area (Å²) in [5.74, 6) is -0.731. The number of hydrogen-bond donors (Lipinski definition) is 1. The topological polar surface area (TPSA) is 77.4 Å². The molecule has 0 spiro atoms. The monoisotopic (exact) mass is 357 g/mol. The molecule has 138 valence electrons. The van der Waals surface area contributed by atoms with Gasteiger partial charge in [0.15, 0.2) is 0 Å². The van der Waals surface area contributed by atoms with Gasteiger partial charge in [-0.2, -0.15) is 0 Å². The number of oxime groups is 1. The van der Waals surface area contributed by atoms with Crippen LogP contribution in [0, 0.1) is 11.8 Å². The summed E-state index contributed by atoms with van der Waals surface area (Å²) < 4.78 is 17.0. The molecule has 3 rings (SSSR count). The predicted molar refractivity (Wildman–Crippen MR) is 95.4 cm³/mol. The molecular formula is C20H23NO5. The lowest BCUT2D eigenvalue weighted by atomic mass is 9.83. The lowest BCUT2D eigenvalue weighted by molar-refractivity contribution is -0.161. The molecule has 1 aliphatic heterocycles. The van der Waals surface area contributed by atoms with Crippen LogP contribution in [-0.2, 0) is 25.6 Å². The average molecular weight is 357 g/mol. The highest BCUT2D eigenvalue weighted by atomic mass is 16.7. The van der Waals surface area contributed by atoms with E-state index in [-0.39, 0.29) is 23.9 Å². The summed E-state index contributed by atoms with van der Waals surface area (Å²) in [5, 5.41) is 12.1. The van der Waals surface area contributed by atoms with E-state index >= 15 is 0 Å². The molecule has 0 saturated carbocycles. The van der Waals surface area contributed by atoms with Crippen LogP contribution in [0.2, 0.25) is 0 Å². The van der Waals surface area contributed by atoms with Crippen molar-refractivity contribution in [1.82, 2.24) is 0 Å². The number of fused-ring (bicyclic) bond motifs is 1. The molecule has 1 N–H and O–H groups in total. The minimum Gasteiger partial charge on any atom is -0.471 e. The van der Waals surface area contributed by atoms with E-state index < -0.39 is 6.29 Å². The van der Waals surface area contributed by atoms with Crippen molar-refractivity contribution in [2.24, 2.45) is 17.0 Å². The highest BCUT2D eigenvalue weighted by Crippen LogP contribution is 2.43. The lowest BCUT2D eigenvalue weighted by Crippen LogP contribution is -2.37. The lowest BCUT2D eigenvalue weighted by Gasteiger charge is -2.34. The van der Waals surface area contributed by atoms with Crippen molar-refractivity contribution in [3.8, 4) is 0 Å². The Kier molecular flexibility index (Phi) is 5.73. The molecule has 3 atom stereocenters. The first-order valence-corrected chi connectivity index (χ1v) is 8.69. The van der Waals surface area contributed by atoms with Crippen molar-refractivity contribution in [2.45, 2.75) is 39.3 Å². The molecule has 0 unspecified atom stereocenters. The van der Waals surface area contributed by atoms with Crippen LogP contribution in [0.15, 0.2) is 59.0 Å². The van der Waals surface area contributed by atoms with E-state index in [9.17, 15) is 4.79 Å². The molecule has 1 aliphatic carbocycles. The minimum atomic E-state index is -0.567. The van der Waals surface area contributed by atoms with E-state index in [1.807, 2.05) is 50.3 Å². The normalized spacial score (nSPS) is 24.8. The smallest absolute Gasteiger partial charge is 0.337 e. The van der Waals surface area contributed by atoms with E-state index in [2.05, 4.69) is 5.16 Å². The van der Waals surface area contributed by atoms with Gasteiger partial charge in [0.05, 0.1) is 36.7 Å². The second-order valence-electron chi connectivity index (χ2n) is 6.65. The zero-order valence-electron chi connectivity index (χ0n) is 14.9. The predicted octanol–water partition coefficient (Wildman–Crippen LogP) is 3.42. The van der Waals surface area contributed by atoms with Gasteiger partial charge < -0.3 is 19.4 Å². The summed E-state index contributed by atoms with van der Waals surface area (Å²) >= 11 is 0. The summed E-state index contributed by atoms with van der Waals surface area (Å²) in [6.07, 6.45) is 4.64. The first kappa shape index (κ1) is 18.2. The average Bonchev–Trinajstić information content (AvgIpc) is 3.04. The molecule has 0 amide bonds. The van der Waals surface area contributed by atoms with Crippen molar-refractivity contribution in [1.29, 1.82) is 0 Å². The fourth-order valence-corrected chi connectivity index (χ4v) is 3.34. The molecule has 26 heavy (non-hydrogen) atoms. The van der Waals surface area contributed by atoms with Gasteiger partial charge in [-0.3, -0.25) is 0 Å². The van der Waals surface area contributed by atoms with Crippen LogP contribution in [0.4, 0.5) is 0 Å². The molecule has 0 fully saturated rings. The summed E-state index contributed by atoms with van der Waals surface area (Å²) in [4.78, 5) is 12.4. The zero-order chi connectivity index (χ0) is 18.5. The Morgan fingerprint density at radius 1 is 1.38 bits per heavy atom. The molecule has 0 radical (unpaired) electrons. The Hall–Kier alpha value is -2.60. The maximum Gasteiger partial charge on any atom is 0.337 e. The van der Waals surface area contributed by atoms with Crippen molar-refractivity contribution < 1.29 is 24.2 Å². The Morgan fingerprint density at radius 2 is 2.15 bits per heavy atom. The number of carbonyl (C=O) groups is 1. The summed E-state index contributed by atoms with van der Waals surface area (Å²) in [6, 6.07) is 9.79. The number of ether oxygens (including phenoxy) is 3. The standard InChI is InChI=1S/C20H23NO5/c1-13(2)26-19(22)17-12-25-20(24-11-14-6-4-3-5-7-14)18-15(10-21-23)8-9-16(17)18/h3-8,10,12-13,16,18,20,23H,9,11H2,1-2H3/t16-,18-,20-/m1/s1. The number of rotatable bonds is 6. The molecule has 1 heterocycles. The molecule has 6 heteroatoms. The molecule has 6 nitrogen and oxygen atoms in total.